The zero-order chi connectivity index (χ0) is 14.8. The Labute approximate surface area is 125 Å². The molecule has 1 aromatic heterocycles. The molecule has 1 atom stereocenters. The highest BCUT2D eigenvalue weighted by Crippen LogP contribution is 2.32. The number of thiophene rings is 1. The van der Waals surface area contributed by atoms with Crippen LogP contribution in [0.15, 0.2) is 12.1 Å². The van der Waals surface area contributed by atoms with Crippen LogP contribution >= 0.6 is 22.9 Å². The molecular weight excluding hydrogens is 306 g/mol. The summed E-state index contributed by atoms with van der Waals surface area (Å²) in [6.45, 7) is 2.63. The minimum Gasteiger partial charge on any atom is -0.350 e. The van der Waals surface area contributed by atoms with E-state index in [0.29, 0.717) is 10.9 Å². The fraction of sp³-hybridized carbons (Fsp3) is 0.615. The second kappa shape index (κ2) is 6.37. The lowest BCUT2D eigenvalue weighted by molar-refractivity contribution is -0.128. The van der Waals surface area contributed by atoms with Gasteiger partial charge >= 0.3 is 0 Å². The molecule has 0 saturated carbocycles. The highest BCUT2D eigenvalue weighted by Gasteiger charge is 2.41. The summed E-state index contributed by atoms with van der Waals surface area (Å²) in [4.78, 5) is 14.5. The van der Waals surface area contributed by atoms with Crippen molar-refractivity contribution in [2.75, 3.05) is 19.6 Å². The number of amides is 1. The van der Waals surface area contributed by atoms with Gasteiger partial charge in [0.1, 0.15) is 0 Å². The fourth-order valence-electron chi connectivity index (χ4n) is 2.20. The van der Waals surface area contributed by atoms with Crippen LogP contribution in [-0.2, 0) is 11.3 Å². The van der Waals surface area contributed by atoms with Crippen LogP contribution in [0.4, 0.5) is 8.78 Å². The number of nitrogens with zero attached hydrogens (tertiary/aromatic N) is 1. The molecule has 2 heterocycles. The average Bonchev–Trinajstić information content (AvgIpc) is 2.78. The smallest absolute Gasteiger partial charge is 0.253 e. The van der Waals surface area contributed by atoms with E-state index in [1.54, 1.807) is 11.0 Å². The molecule has 1 aliphatic rings. The number of hydrogen-bond donors (Lipinski definition) is 1. The van der Waals surface area contributed by atoms with Crippen molar-refractivity contribution in [2.24, 2.45) is 5.92 Å². The van der Waals surface area contributed by atoms with Crippen LogP contribution in [-0.4, -0.2) is 36.4 Å². The second-order valence-electron chi connectivity index (χ2n) is 5.13. The highest BCUT2D eigenvalue weighted by molar-refractivity contribution is 7.16. The SMILES string of the molecule is CC1CN(CC(=O)NCc2ccc(Cl)s2)CCC1(F)F. The summed E-state index contributed by atoms with van der Waals surface area (Å²) >= 11 is 7.21. The minimum atomic E-state index is -2.61. The number of carbonyl (C=O) groups is 1. The number of nitrogens with one attached hydrogen (secondary N) is 1. The third-order valence-corrected chi connectivity index (χ3v) is 4.70. The van der Waals surface area contributed by atoms with E-state index in [1.807, 2.05) is 6.07 Å². The number of carbonyl (C=O) groups excluding carboxylic acids is 1. The molecule has 0 aromatic carbocycles. The maximum atomic E-state index is 13.3. The molecule has 7 heteroatoms. The number of piperidine rings is 1. The van der Waals surface area contributed by atoms with E-state index in [-0.39, 0.29) is 32.0 Å². The number of hydrogen-bond acceptors (Lipinski definition) is 3. The molecule has 1 unspecified atom stereocenters. The Morgan fingerprint density at radius 2 is 2.35 bits per heavy atom. The Morgan fingerprint density at radius 1 is 1.60 bits per heavy atom. The van der Waals surface area contributed by atoms with Crippen molar-refractivity contribution in [3.63, 3.8) is 0 Å². The van der Waals surface area contributed by atoms with Crippen molar-refractivity contribution in [1.29, 1.82) is 0 Å². The molecule has 3 nitrogen and oxygen atoms in total. The van der Waals surface area contributed by atoms with Gasteiger partial charge in [0.25, 0.3) is 5.92 Å². The first-order chi connectivity index (χ1) is 9.37. The van der Waals surface area contributed by atoms with Crippen LogP contribution in [0.25, 0.3) is 0 Å². The molecule has 1 saturated heterocycles. The molecule has 1 amide bonds. The third-order valence-electron chi connectivity index (χ3n) is 3.47. The maximum absolute atomic E-state index is 13.3. The molecule has 1 fully saturated rings. The van der Waals surface area contributed by atoms with Crippen LogP contribution in [0.2, 0.25) is 4.34 Å². The van der Waals surface area contributed by atoms with Crippen molar-refractivity contribution in [3.05, 3.63) is 21.3 Å². The Morgan fingerprint density at radius 3 is 2.95 bits per heavy atom. The van der Waals surface area contributed by atoms with E-state index in [0.717, 1.165) is 4.88 Å². The second-order valence-corrected chi connectivity index (χ2v) is 6.93. The summed E-state index contributed by atoms with van der Waals surface area (Å²) in [5.41, 5.74) is 0. The molecule has 0 aliphatic carbocycles. The lowest BCUT2D eigenvalue weighted by Crippen LogP contribution is -2.48. The van der Waals surface area contributed by atoms with Crippen molar-refractivity contribution >= 4 is 28.8 Å². The van der Waals surface area contributed by atoms with Gasteiger partial charge in [-0.2, -0.15) is 0 Å². The Kier molecular flexibility index (Phi) is 4.99. The molecule has 20 heavy (non-hydrogen) atoms. The van der Waals surface area contributed by atoms with Gasteiger partial charge in [0, 0.05) is 30.3 Å². The summed E-state index contributed by atoms with van der Waals surface area (Å²) in [6.07, 6.45) is -0.179. The van der Waals surface area contributed by atoms with Gasteiger partial charge in [0.2, 0.25) is 5.91 Å². The normalized spacial score (nSPS) is 22.7. The van der Waals surface area contributed by atoms with Gasteiger partial charge in [-0.1, -0.05) is 18.5 Å². The number of rotatable bonds is 4. The molecule has 0 radical (unpaired) electrons. The highest BCUT2D eigenvalue weighted by atomic mass is 35.5. The Bertz CT molecular complexity index is 481. The first-order valence-corrected chi connectivity index (χ1v) is 7.67. The summed E-state index contributed by atoms with van der Waals surface area (Å²) in [6, 6.07) is 3.64. The van der Waals surface area contributed by atoms with Crippen LogP contribution in [0.5, 0.6) is 0 Å². The van der Waals surface area contributed by atoms with Gasteiger partial charge in [-0.3, -0.25) is 9.69 Å². The topological polar surface area (TPSA) is 32.3 Å². The first-order valence-electron chi connectivity index (χ1n) is 6.48. The largest absolute Gasteiger partial charge is 0.350 e. The quantitative estimate of drug-likeness (QED) is 0.924. The van der Waals surface area contributed by atoms with Gasteiger partial charge < -0.3 is 5.32 Å². The standard InChI is InChI=1S/C13H17ClF2N2OS/c1-9-7-18(5-4-13(9,15)16)8-12(19)17-6-10-2-3-11(14)20-10/h2-3,9H,4-8H2,1H3,(H,17,19). The van der Waals surface area contributed by atoms with Gasteiger partial charge in [0.05, 0.1) is 17.4 Å². The summed E-state index contributed by atoms with van der Waals surface area (Å²) in [5.74, 6) is -3.46. The monoisotopic (exact) mass is 322 g/mol. The Balaban J connectivity index is 1.75. The zero-order valence-corrected chi connectivity index (χ0v) is 12.7. The summed E-state index contributed by atoms with van der Waals surface area (Å²) in [5, 5.41) is 2.78. The molecule has 1 aromatic rings. The zero-order valence-electron chi connectivity index (χ0n) is 11.2. The summed E-state index contributed by atoms with van der Waals surface area (Å²) in [7, 11) is 0. The van der Waals surface area contributed by atoms with Gasteiger partial charge in [-0.05, 0) is 12.1 Å². The van der Waals surface area contributed by atoms with Gasteiger partial charge in [0.15, 0.2) is 0 Å². The summed E-state index contributed by atoms with van der Waals surface area (Å²) < 4.78 is 27.4. The van der Waals surface area contributed by atoms with E-state index < -0.39 is 11.8 Å². The van der Waals surface area contributed by atoms with E-state index in [2.05, 4.69) is 5.32 Å². The van der Waals surface area contributed by atoms with E-state index in [4.69, 9.17) is 11.6 Å². The van der Waals surface area contributed by atoms with E-state index in [1.165, 1.54) is 18.3 Å². The minimum absolute atomic E-state index is 0.146. The van der Waals surface area contributed by atoms with Crippen molar-refractivity contribution < 1.29 is 13.6 Å². The Hall–Kier alpha value is -0.720. The van der Waals surface area contributed by atoms with Gasteiger partial charge in [-0.15, -0.1) is 11.3 Å². The molecule has 1 aliphatic heterocycles. The molecule has 0 spiro atoms. The average molecular weight is 323 g/mol. The molecular formula is C13H17ClF2N2OS. The maximum Gasteiger partial charge on any atom is 0.253 e. The number of alkyl halides is 2. The van der Waals surface area contributed by atoms with Crippen LogP contribution < -0.4 is 5.32 Å². The molecule has 0 bridgehead atoms. The van der Waals surface area contributed by atoms with Crippen LogP contribution in [0, 0.1) is 5.92 Å². The number of halogens is 3. The third kappa shape index (κ3) is 4.14. The van der Waals surface area contributed by atoms with Crippen molar-refractivity contribution in [2.45, 2.75) is 25.8 Å². The molecule has 2 rings (SSSR count). The predicted molar refractivity (Wildman–Crippen MR) is 76.3 cm³/mol. The van der Waals surface area contributed by atoms with E-state index >= 15 is 0 Å². The molecule has 1 N–H and O–H groups in total. The van der Waals surface area contributed by atoms with Crippen LogP contribution in [0.3, 0.4) is 0 Å². The van der Waals surface area contributed by atoms with Crippen LogP contribution in [0.1, 0.15) is 18.2 Å². The van der Waals surface area contributed by atoms with E-state index in [9.17, 15) is 13.6 Å². The lowest BCUT2D eigenvalue weighted by atomic mass is 9.95. The van der Waals surface area contributed by atoms with Crippen molar-refractivity contribution in [3.8, 4) is 0 Å². The first kappa shape index (κ1) is 15.7. The lowest BCUT2D eigenvalue weighted by Gasteiger charge is -2.36. The fourth-order valence-corrected chi connectivity index (χ4v) is 3.23. The molecule has 112 valence electrons. The predicted octanol–water partition coefficient (Wildman–Crippen LogP) is 2.99. The van der Waals surface area contributed by atoms with Gasteiger partial charge in [-0.25, -0.2) is 8.78 Å². The number of likely N-dealkylation sites (tertiary alicyclic amines) is 1. The van der Waals surface area contributed by atoms with Crippen molar-refractivity contribution in [1.82, 2.24) is 10.2 Å².